The van der Waals surface area contributed by atoms with Gasteiger partial charge in [-0.05, 0) is 24.6 Å². The van der Waals surface area contributed by atoms with Crippen LogP contribution in [0.15, 0.2) is 23.2 Å². The summed E-state index contributed by atoms with van der Waals surface area (Å²) in [5.41, 5.74) is 11.8. The van der Waals surface area contributed by atoms with Gasteiger partial charge in [-0.1, -0.05) is 11.5 Å². The van der Waals surface area contributed by atoms with Crippen molar-refractivity contribution >= 4 is 41.9 Å². The number of nitrogens with two attached hydrogens (primary N) is 2. The molecular formula is C12H15B2FN3OP. The van der Waals surface area contributed by atoms with Crippen molar-refractivity contribution in [2.75, 3.05) is 12.3 Å². The average Bonchev–Trinajstić information content (AvgIpc) is 2.30. The first-order valence-corrected chi connectivity index (χ1v) is 6.60. The summed E-state index contributed by atoms with van der Waals surface area (Å²) in [5, 5.41) is -2.18. The summed E-state index contributed by atoms with van der Waals surface area (Å²) in [5.74, 6) is 0.250. The minimum atomic E-state index is -2.18. The second-order valence-electron chi connectivity index (χ2n) is 5.12. The molecule has 4 N–H and O–H groups in total. The molecule has 0 spiro atoms. The first-order chi connectivity index (χ1) is 9.14. The standard InChI is InChI=1S/C12H15B2FN3OP/c1-11(7-4-6(16)2-3-8(7)13)10(12(14,15)20)19-5-9(17)18-11/h2-4,10H,5,16,20H2,1H3,(H2,17,18). The number of hydrogen-bond donors (Lipinski definition) is 2. The van der Waals surface area contributed by atoms with Crippen LogP contribution in [-0.4, -0.2) is 39.5 Å². The molecule has 1 aromatic carbocycles. The fraction of sp³-hybridized carbons (Fsp3) is 0.417. The summed E-state index contributed by atoms with van der Waals surface area (Å²) < 4.78 is 19.7. The van der Waals surface area contributed by atoms with E-state index in [1.807, 2.05) is 9.24 Å². The van der Waals surface area contributed by atoms with E-state index >= 15 is 0 Å². The maximum absolute atomic E-state index is 14.2. The number of rotatable bonds is 2. The Bertz CT molecular complexity index is 564. The first-order valence-electron chi connectivity index (χ1n) is 6.02. The molecule has 0 amide bonds. The fourth-order valence-electron chi connectivity index (χ4n) is 2.49. The van der Waals surface area contributed by atoms with Gasteiger partial charge in [0, 0.05) is 5.69 Å². The topological polar surface area (TPSA) is 73.6 Å². The largest absolute Gasteiger partial charge is 0.399 e. The molecule has 4 nitrogen and oxygen atoms in total. The van der Waals surface area contributed by atoms with Gasteiger partial charge in [-0.2, -0.15) is 0 Å². The van der Waals surface area contributed by atoms with Gasteiger partial charge in [0.2, 0.25) is 0 Å². The van der Waals surface area contributed by atoms with E-state index in [9.17, 15) is 4.39 Å². The van der Waals surface area contributed by atoms with Gasteiger partial charge in [0.25, 0.3) is 0 Å². The Hall–Kier alpha value is -1.06. The van der Waals surface area contributed by atoms with Gasteiger partial charge >= 0.3 is 0 Å². The summed E-state index contributed by atoms with van der Waals surface area (Å²) in [6.45, 7) is 1.68. The molecule has 0 bridgehead atoms. The zero-order valence-corrected chi connectivity index (χ0v) is 12.3. The number of anilines is 1. The minimum Gasteiger partial charge on any atom is -0.399 e. The number of alkyl halides is 1. The molecule has 0 aliphatic carbocycles. The summed E-state index contributed by atoms with van der Waals surface area (Å²) in [6, 6.07) is 4.91. The molecule has 0 fully saturated rings. The third-order valence-electron chi connectivity index (χ3n) is 3.31. The predicted octanol–water partition coefficient (Wildman–Crippen LogP) is -0.299. The van der Waals surface area contributed by atoms with Crippen molar-refractivity contribution in [3.05, 3.63) is 23.8 Å². The Morgan fingerprint density at radius 3 is 2.80 bits per heavy atom. The smallest absolute Gasteiger partial charge is 0.130 e. The van der Waals surface area contributed by atoms with Crippen LogP contribution in [0.4, 0.5) is 10.1 Å². The van der Waals surface area contributed by atoms with E-state index in [0.717, 1.165) is 0 Å². The number of aliphatic imine (C=N–C) groups is 1. The van der Waals surface area contributed by atoms with Gasteiger partial charge in [0.15, 0.2) is 0 Å². The van der Waals surface area contributed by atoms with E-state index in [2.05, 4.69) is 4.99 Å². The molecule has 4 radical (unpaired) electrons. The Kier molecular flexibility index (Phi) is 3.87. The van der Waals surface area contributed by atoms with Crippen LogP contribution in [0.25, 0.3) is 0 Å². The van der Waals surface area contributed by atoms with Crippen LogP contribution in [0.1, 0.15) is 12.5 Å². The Balaban J connectivity index is 2.63. The molecule has 1 aromatic rings. The highest BCUT2D eigenvalue weighted by Gasteiger charge is 2.48. The normalized spacial score (nSPS) is 29.6. The SMILES string of the molecule is [B]c1ccc(N)cc1C1(C)N=C(N)COC1C([B])(F)P. The predicted molar refractivity (Wildman–Crippen MR) is 84.3 cm³/mol. The van der Waals surface area contributed by atoms with Gasteiger partial charge in [0.05, 0.1) is 0 Å². The molecule has 0 saturated carbocycles. The lowest BCUT2D eigenvalue weighted by Gasteiger charge is -2.43. The van der Waals surface area contributed by atoms with Crippen LogP contribution in [0.5, 0.6) is 0 Å². The van der Waals surface area contributed by atoms with Crippen molar-refractivity contribution in [1.29, 1.82) is 0 Å². The highest BCUT2D eigenvalue weighted by atomic mass is 31.0. The number of nitrogens with zero attached hydrogens (tertiary/aromatic N) is 1. The molecule has 0 saturated heterocycles. The lowest BCUT2D eigenvalue weighted by Crippen LogP contribution is -2.55. The highest BCUT2D eigenvalue weighted by molar-refractivity contribution is 7.22. The quantitative estimate of drug-likeness (QED) is 0.446. The Morgan fingerprint density at radius 2 is 2.20 bits per heavy atom. The second-order valence-corrected chi connectivity index (χ2v) is 6.00. The van der Waals surface area contributed by atoms with E-state index in [1.165, 1.54) is 0 Å². The maximum Gasteiger partial charge on any atom is 0.130 e. The summed E-state index contributed by atoms with van der Waals surface area (Å²) in [6.07, 6.45) is -1.06. The summed E-state index contributed by atoms with van der Waals surface area (Å²) in [4.78, 5) is 4.33. The van der Waals surface area contributed by atoms with Crippen LogP contribution < -0.4 is 16.9 Å². The molecule has 8 heteroatoms. The molecular weight excluding hydrogens is 274 g/mol. The Morgan fingerprint density at radius 1 is 1.55 bits per heavy atom. The molecule has 4 atom stereocenters. The summed E-state index contributed by atoms with van der Waals surface area (Å²) in [7, 11) is 13.4. The van der Waals surface area contributed by atoms with Gasteiger partial charge < -0.3 is 16.2 Å². The van der Waals surface area contributed by atoms with Crippen molar-refractivity contribution in [1.82, 2.24) is 0 Å². The van der Waals surface area contributed by atoms with Crippen LogP contribution in [0.2, 0.25) is 0 Å². The van der Waals surface area contributed by atoms with Gasteiger partial charge in [-0.15, -0.1) is 9.24 Å². The highest BCUT2D eigenvalue weighted by Crippen LogP contribution is 2.41. The number of nitrogen functional groups attached to an aromatic ring is 1. The van der Waals surface area contributed by atoms with Crippen molar-refractivity contribution in [2.24, 2.45) is 10.7 Å². The fourth-order valence-corrected chi connectivity index (χ4v) is 2.91. The van der Waals surface area contributed by atoms with Gasteiger partial charge in [-0.25, -0.2) is 4.39 Å². The third kappa shape index (κ3) is 2.70. The van der Waals surface area contributed by atoms with E-state index in [1.54, 1.807) is 25.1 Å². The molecule has 4 unspecified atom stereocenters. The van der Waals surface area contributed by atoms with Crippen LogP contribution in [0, 0.1) is 0 Å². The van der Waals surface area contributed by atoms with Crippen molar-refractivity contribution in [3.63, 3.8) is 0 Å². The number of benzene rings is 1. The van der Waals surface area contributed by atoms with Gasteiger partial charge in [0.1, 0.15) is 45.1 Å². The number of ether oxygens (including phenoxy) is 1. The van der Waals surface area contributed by atoms with Crippen LogP contribution >= 0.6 is 9.24 Å². The maximum atomic E-state index is 14.2. The molecule has 20 heavy (non-hydrogen) atoms. The molecule has 2 rings (SSSR count). The van der Waals surface area contributed by atoms with Crippen molar-refractivity contribution in [3.8, 4) is 0 Å². The zero-order chi connectivity index (χ0) is 15.1. The summed E-state index contributed by atoms with van der Waals surface area (Å²) >= 11 is 0. The Labute approximate surface area is 122 Å². The number of halogens is 1. The lowest BCUT2D eigenvalue weighted by atomic mass is 9.73. The van der Waals surface area contributed by atoms with E-state index in [-0.39, 0.29) is 12.4 Å². The van der Waals surface area contributed by atoms with E-state index in [4.69, 9.17) is 31.9 Å². The van der Waals surface area contributed by atoms with Crippen LogP contribution in [-0.2, 0) is 10.3 Å². The number of hydrogen-bond acceptors (Lipinski definition) is 4. The number of amidine groups is 1. The average molecular weight is 289 g/mol. The lowest BCUT2D eigenvalue weighted by molar-refractivity contribution is -0.0272. The third-order valence-corrected chi connectivity index (χ3v) is 3.61. The molecule has 1 heterocycles. The second kappa shape index (κ2) is 5.05. The molecule has 1 aliphatic rings. The van der Waals surface area contributed by atoms with E-state index in [0.29, 0.717) is 16.7 Å². The van der Waals surface area contributed by atoms with E-state index < -0.39 is 17.0 Å². The molecule has 1 aliphatic heterocycles. The minimum absolute atomic E-state index is 0.0136. The zero-order valence-electron chi connectivity index (χ0n) is 11.1. The molecule has 0 aromatic heterocycles. The van der Waals surface area contributed by atoms with Crippen molar-refractivity contribution in [2.45, 2.75) is 23.9 Å². The van der Waals surface area contributed by atoms with Gasteiger partial charge in [-0.3, -0.25) is 4.99 Å². The first kappa shape index (κ1) is 15.3. The molecule has 102 valence electrons. The van der Waals surface area contributed by atoms with Crippen LogP contribution in [0.3, 0.4) is 0 Å². The monoisotopic (exact) mass is 289 g/mol. The van der Waals surface area contributed by atoms with Crippen molar-refractivity contribution < 1.29 is 9.13 Å².